The Labute approximate surface area is 249 Å². The van der Waals surface area contributed by atoms with Gasteiger partial charge in [0.05, 0.1) is 11.1 Å². The zero-order chi connectivity index (χ0) is 29.7. The van der Waals surface area contributed by atoms with Crippen LogP contribution in [0.1, 0.15) is 42.5 Å². The number of likely N-dealkylation sites (tertiary alicyclic amines) is 1. The molecule has 7 rings (SSSR count). The number of rotatable bonds is 7. The summed E-state index contributed by atoms with van der Waals surface area (Å²) < 4.78 is 24.2. The van der Waals surface area contributed by atoms with Gasteiger partial charge in [0, 0.05) is 36.9 Å². The molecule has 2 saturated heterocycles. The molecule has 0 saturated carbocycles. The van der Waals surface area contributed by atoms with Crippen LogP contribution in [0.3, 0.4) is 0 Å². The van der Waals surface area contributed by atoms with Crippen LogP contribution in [0.25, 0.3) is 27.4 Å². The fourth-order valence-electron chi connectivity index (χ4n) is 6.78. The molecular weight excluding hydrogens is 545 g/mol. The smallest absolute Gasteiger partial charge is 0.256 e. The minimum atomic E-state index is -0.637. The Hall–Kier alpha value is -4.21. The second kappa shape index (κ2) is 11.1. The van der Waals surface area contributed by atoms with Crippen molar-refractivity contribution in [2.75, 3.05) is 38.5 Å². The number of hydrogen-bond donors (Lipinski definition) is 3. The van der Waals surface area contributed by atoms with E-state index in [0.29, 0.717) is 35.2 Å². The Morgan fingerprint density at radius 2 is 1.98 bits per heavy atom. The predicted molar refractivity (Wildman–Crippen MR) is 168 cm³/mol. The molecule has 2 unspecified atom stereocenters. The highest BCUT2D eigenvalue weighted by Gasteiger charge is 2.30. The second-order valence-electron chi connectivity index (χ2n) is 12.0. The first-order chi connectivity index (χ1) is 20.9. The van der Waals surface area contributed by atoms with Gasteiger partial charge >= 0.3 is 0 Å². The number of piperidine rings is 1. The number of fused-ring (bicyclic) bond motifs is 3. The van der Waals surface area contributed by atoms with Crippen molar-refractivity contribution in [3.8, 4) is 17.2 Å². The molecule has 9 heteroatoms. The number of anilines is 1. The van der Waals surface area contributed by atoms with Crippen LogP contribution in [0.2, 0.25) is 0 Å². The highest BCUT2D eigenvalue weighted by atomic mass is 19.1. The topological polar surface area (TPSA) is 87.6 Å². The molecule has 2 fully saturated rings. The number of halogens is 1. The van der Waals surface area contributed by atoms with E-state index < -0.39 is 17.2 Å². The van der Waals surface area contributed by atoms with Crippen LogP contribution < -0.4 is 26.1 Å². The van der Waals surface area contributed by atoms with Gasteiger partial charge in [-0.05, 0) is 81.2 Å². The average molecular weight is 582 g/mol. The largest absolute Gasteiger partial charge is 0.451 e. The molecule has 3 aliphatic heterocycles. The quantitative estimate of drug-likeness (QED) is 0.234. The van der Waals surface area contributed by atoms with E-state index in [1.807, 2.05) is 36.4 Å². The van der Waals surface area contributed by atoms with Crippen molar-refractivity contribution in [3.63, 3.8) is 0 Å². The van der Waals surface area contributed by atoms with Crippen molar-refractivity contribution < 1.29 is 13.9 Å². The Morgan fingerprint density at radius 3 is 2.72 bits per heavy atom. The van der Waals surface area contributed by atoms with Gasteiger partial charge < -0.3 is 30.2 Å². The second-order valence-corrected chi connectivity index (χ2v) is 12.0. The number of aromatic nitrogens is 1. The molecule has 3 aliphatic rings. The third-order valence-electron chi connectivity index (χ3n) is 9.25. The van der Waals surface area contributed by atoms with Crippen molar-refractivity contribution in [2.45, 2.75) is 38.1 Å². The maximum Gasteiger partial charge on any atom is 0.256 e. The van der Waals surface area contributed by atoms with E-state index in [0.717, 1.165) is 62.5 Å². The summed E-state index contributed by atoms with van der Waals surface area (Å²) in [5.74, 6) is -0.260. The van der Waals surface area contributed by atoms with Gasteiger partial charge in [0.15, 0.2) is 17.3 Å². The number of carbonyl (C=O) groups excluding carboxylic acids is 1. The van der Waals surface area contributed by atoms with Crippen LogP contribution in [0.4, 0.5) is 10.1 Å². The molecule has 2 atom stereocenters. The first-order valence-electron chi connectivity index (χ1n) is 15.2. The molecule has 0 radical (unpaired) electrons. The molecule has 3 N–H and O–H groups in total. The van der Waals surface area contributed by atoms with Crippen molar-refractivity contribution in [3.05, 3.63) is 82.5 Å². The zero-order valence-corrected chi connectivity index (χ0v) is 24.3. The standard InChI is InChI=1S/C34H36FN5O3/c1-20(23-9-5-12-36-18-23)38-30-27(35)17-25-31-33(30)43-29-16-22-8-4-3-7-21(22)15-28(29)40(31)19-26(32(25)41)34(42)37-13-11-24-10-6-14-39(24)2/h3-4,7-8,15-17,19,23-24,36,38H,1,5-6,9-14,18H2,2H3,(H,37,42). The van der Waals surface area contributed by atoms with Crippen LogP contribution in [0.15, 0.2) is 65.7 Å². The number of ether oxygens (including phenoxy) is 1. The molecule has 0 aliphatic carbocycles. The highest BCUT2D eigenvalue weighted by molar-refractivity contribution is 6.02. The van der Waals surface area contributed by atoms with Gasteiger partial charge in [-0.1, -0.05) is 30.8 Å². The van der Waals surface area contributed by atoms with Crippen LogP contribution in [-0.2, 0) is 0 Å². The van der Waals surface area contributed by atoms with Gasteiger partial charge in [-0.25, -0.2) is 4.39 Å². The summed E-state index contributed by atoms with van der Waals surface area (Å²) in [6.07, 6.45) is 6.58. The van der Waals surface area contributed by atoms with Crippen molar-refractivity contribution in [1.82, 2.24) is 20.1 Å². The fourth-order valence-corrected chi connectivity index (χ4v) is 6.78. The van der Waals surface area contributed by atoms with E-state index in [1.54, 1.807) is 10.8 Å². The molecular formula is C34H36FN5O3. The maximum atomic E-state index is 16.0. The zero-order valence-electron chi connectivity index (χ0n) is 24.3. The third kappa shape index (κ3) is 4.96. The molecule has 4 heterocycles. The Morgan fingerprint density at radius 1 is 1.16 bits per heavy atom. The number of amides is 1. The lowest BCUT2D eigenvalue weighted by Crippen LogP contribution is -2.34. The van der Waals surface area contributed by atoms with Crippen LogP contribution in [-0.4, -0.2) is 54.6 Å². The van der Waals surface area contributed by atoms with Gasteiger partial charge in [-0.15, -0.1) is 0 Å². The average Bonchev–Trinajstić information content (AvgIpc) is 3.43. The van der Waals surface area contributed by atoms with Crippen molar-refractivity contribution in [2.24, 2.45) is 5.92 Å². The minimum Gasteiger partial charge on any atom is -0.451 e. The third-order valence-corrected chi connectivity index (χ3v) is 9.25. The van der Waals surface area contributed by atoms with E-state index in [9.17, 15) is 9.59 Å². The Bertz CT molecular complexity index is 1830. The summed E-state index contributed by atoms with van der Waals surface area (Å²) >= 11 is 0. The molecule has 1 aromatic heterocycles. The Kier molecular flexibility index (Phi) is 7.15. The summed E-state index contributed by atoms with van der Waals surface area (Å²) in [6.45, 7) is 7.43. The number of pyridine rings is 1. The monoisotopic (exact) mass is 581 g/mol. The summed E-state index contributed by atoms with van der Waals surface area (Å²) in [5, 5.41) is 11.5. The van der Waals surface area contributed by atoms with Crippen LogP contribution in [0, 0.1) is 11.7 Å². The summed E-state index contributed by atoms with van der Waals surface area (Å²) in [4.78, 5) is 29.5. The van der Waals surface area contributed by atoms with Gasteiger partial charge in [-0.2, -0.15) is 0 Å². The van der Waals surface area contributed by atoms with Gasteiger partial charge in [0.1, 0.15) is 16.8 Å². The fraction of sp³-hybridized carbons (Fsp3) is 0.353. The number of hydrogen-bond acceptors (Lipinski definition) is 6. The first-order valence-corrected chi connectivity index (χ1v) is 15.2. The lowest BCUT2D eigenvalue weighted by Gasteiger charge is -2.29. The normalized spacial score (nSPS) is 19.7. The summed E-state index contributed by atoms with van der Waals surface area (Å²) in [5.41, 5.74) is 1.34. The molecule has 43 heavy (non-hydrogen) atoms. The predicted octanol–water partition coefficient (Wildman–Crippen LogP) is 5.53. The number of carbonyl (C=O) groups is 1. The lowest BCUT2D eigenvalue weighted by atomic mass is 9.96. The highest BCUT2D eigenvalue weighted by Crippen LogP contribution is 2.47. The van der Waals surface area contributed by atoms with E-state index >= 15 is 4.39 Å². The van der Waals surface area contributed by atoms with E-state index in [-0.39, 0.29) is 28.3 Å². The molecule has 0 bridgehead atoms. The molecule has 1 amide bonds. The van der Waals surface area contributed by atoms with Crippen LogP contribution >= 0.6 is 0 Å². The number of nitrogens with one attached hydrogen (secondary N) is 3. The molecule has 0 spiro atoms. The molecule has 222 valence electrons. The summed E-state index contributed by atoms with van der Waals surface area (Å²) in [7, 11) is 2.10. The van der Waals surface area contributed by atoms with Gasteiger partial charge in [0.25, 0.3) is 5.91 Å². The minimum absolute atomic E-state index is 0.0305. The molecule has 4 aromatic rings. The summed E-state index contributed by atoms with van der Waals surface area (Å²) in [6, 6.07) is 13.4. The number of nitrogens with zero attached hydrogens (tertiary/aromatic N) is 2. The molecule has 3 aromatic carbocycles. The van der Waals surface area contributed by atoms with Gasteiger partial charge in [0.2, 0.25) is 5.43 Å². The van der Waals surface area contributed by atoms with E-state index in [2.05, 4.69) is 34.5 Å². The number of benzene rings is 3. The first kappa shape index (κ1) is 27.6. The van der Waals surface area contributed by atoms with Crippen molar-refractivity contribution >= 4 is 33.3 Å². The van der Waals surface area contributed by atoms with E-state index in [4.69, 9.17) is 4.74 Å². The molecule has 8 nitrogen and oxygen atoms in total. The maximum absolute atomic E-state index is 16.0. The van der Waals surface area contributed by atoms with Gasteiger partial charge in [-0.3, -0.25) is 9.59 Å². The van der Waals surface area contributed by atoms with Crippen molar-refractivity contribution in [1.29, 1.82) is 0 Å². The van der Waals surface area contributed by atoms with Crippen LogP contribution in [0.5, 0.6) is 11.5 Å². The van der Waals surface area contributed by atoms with E-state index in [1.165, 1.54) is 6.07 Å². The Balaban J connectivity index is 1.33. The lowest BCUT2D eigenvalue weighted by molar-refractivity contribution is 0.0949. The SMILES string of the molecule is C=C(Nc1c(F)cc2c(=O)c(C(=O)NCCC3CCCN3C)cn3c2c1Oc1cc2ccccc2cc1-3)C1CCCNC1.